The Morgan fingerprint density at radius 3 is 2.56 bits per heavy atom. The van der Waals surface area contributed by atoms with Crippen LogP contribution in [0.15, 0.2) is 49.1 Å². The van der Waals surface area contributed by atoms with Gasteiger partial charge in [-0.05, 0) is 25.3 Å². The quantitative estimate of drug-likeness (QED) is 0.872. The van der Waals surface area contributed by atoms with Crippen LogP contribution in [-0.4, -0.2) is 45.4 Å². The third-order valence-electron chi connectivity index (χ3n) is 4.67. The molecule has 6 nitrogen and oxygen atoms in total. The molecule has 2 amide bonds. The van der Waals surface area contributed by atoms with Gasteiger partial charge in [-0.25, -0.2) is 4.98 Å². The van der Waals surface area contributed by atoms with Crippen molar-refractivity contribution in [3.05, 3.63) is 54.6 Å². The van der Waals surface area contributed by atoms with Crippen molar-refractivity contribution in [3.8, 4) is 0 Å². The van der Waals surface area contributed by atoms with E-state index in [1.54, 1.807) is 30.2 Å². The summed E-state index contributed by atoms with van der Waals surface area (Å²) < 4.78 is 1.73. The Kier molecular flexibility index (Phi) is 5.48. The predicted octanol–water partition coefficient (Wildman–Crippen LogP) is 1.79. The van der Waals surface area contributed by atoms with Crippen LogP contribution in [0.1, 0.15) is 31.4 Å². The van der Waals surface area contributed by atoms with Crippen LogP contribution < -0.4 is 5.32 Å². The van der Waals surface area contributed by atoms with Crippen LogP contribution in [0.2, 0.25) is 0 Å². The minimum absolute atomic E-state index is 0.00698. The molecule has 0 saturated carbocycles. The van der Waals surface area contributed by atoms with Gasteiger partial charge in [-0.3, -0.25) is 9.59 Å². The summed E-state index contributed by atoms with van der Waals surface area (Å²) in [5.74, 6) is -0.168. The van der Waals surface area contributed by atoms with Gasteiger partial charge in [-0.15, -0.1) is 0 Å². The van der Waals surface area contributed by atoms with E-state index in [1.165, 1.54) is 0 Å². The van der Waals surface area contributed by atoms with E-state index in [4.69, 9.17) is 0 Å². The van der Waals surface area contributed by atoms with E-state index >= 15 is 0 Å². The van der Waals surface area contributed by atoms with Crippen molar-refractivity contribution in [1.82, 2.24) is 19.8 Å². The van der Waals surface area contributed by atoms with E-state index in [9.17, 15) is 9.59 Å². The number of rotatable bonds is 6. The van der Waals surface area contributed by atoms with Gasteiger partial charge in [0.05, 0.1) is 6.33 Å². The lowest BCUT2D eigenvalue weighted by atomic mass is 10.0. The molecule has 0 bridgehead atoms. The molecular weight excluding hydrogens is 316 g/mol. The van der Waals surface area contributed by atoms with Crippen LogP contribution in [0.4, 0.5) is 0 Å². The summed E-state index contributed by atoms with van der Waals surface area (Å²) in [7, 11) is 0. The van der Waals surface area contributed by atoms with Crippen LogP contribution >= 0.6 is 0 Å². The topological polar surface area (TPSA) is 67.2 Å². The van der Waals surface area contributed by atoms with Gasteiger partial charge in [0, 0.05) is 31.9 Å². The highest BCUT2D eigenvalue weighted by Crippen LogP contribution is 2.13. The van der Waals surface area contributed by atoms with Crippen LogP contribution in [0.5, 0.6) is 0 Å². The standard InChI is InChI=1S/C19H24N4O2/c1-15(23-12-9-20-14-23)18(24)21-17(13-16-7-3-2-4-8-16)19(25)22-10-5-6-11-22/h2-4,7-9,12,14-15,17H,5-6,10-11,13H2,1H3,(H,21,24)/t15-,17-/m0/s1. The molecule has 0 radical (unpaired) electrons. The Morgan fingerprint density at radius 2 is 1.92 bits per heavy atom. The first-order chi connectivity index (χ1) is 12.1. The number of carbonyl (C=O) groups is 2. The first-order valence-corrected chi connectivity index (χ1v) is 8.75. The average molecular weight is 340 g/mol. The molecule has 3 rings (SSSR count). The second kappa shape index (κ2) is 7.96. The maximum absolute atomic E-state index is 12.9. The van der Waals surface area contributed by atoms with Crippen molar-refractivity contribution in [3.63, 3.8) is 0 Å². The molecule has 0 spiro atoms. The number of imidazole rings is 1. The first-order valence-electron chi connectivity index (χ1n) is 8.75. The number of nitrogens with one attached hydrogen (secondary N) is 1. The Bertz CT molecular complexity index is 693. The van der Waals surface area contributed by atoms with E-state index in [0.717, 1.165) is 31.5 Å². The van der Waals surface area contributed by atoms with Gasteiger partial charge < -0.3 is 14.8 Å². The normalized spacial score (nSPS) is 16.4. The smallest absolute Gasteiger partial charge is 0.245 e. The summed E-state index contributed by atoms with van der Waals surface area (Å²) in [5, 5.41) is 2.95. The SMILES string of the molecule is C[C@@H](C(=O)N[C@@H](Cc1ccccc1)C(=O)N1CCCC1)n1ccnc1. The first kappa shape index (κ1) is 17.2. The van der Waals surface area contributed by atoms with Gasteiger partial charge in [0.25, 0.3) is 0 Å². The highest BCUT2D eigenvalue weighted by Gasteiger charge is 2.29. The highest BCUT2D eigenvalue weighted by molar-refractivity contribution is 5.89. The van der Waals surface area contributed by atoms with Crippen molar-refractivity contribution < 1.29 is 9.59 Å². The molecule has 1 aliphatic rings. The number of benzene rings is 1. The maximum Gasteiger partial charge on any atom is 0.245 e. The minimum Gasteiger partial charge on any atom is -0.342 e. The molecule has 2 atom stereocenters. The fourth-order valence-corrected chi connectivity index (χ4v) is 3.13. The summed E-state index contributed by atoms with van der Waals surface area (Å²) in [6.07, 6.45) is 7.56. The molecule has 2 heterocycles. The van der Waals surface area contributed by atoms with Crippen molar-refractivity contribution in [1.29, 1.82) is 0 Å². The third kappa shape index (κ3) is 4.26. The Balaban J connectivity index is 1.73. The molecule has 1 aromatic heterocycles. The van der Waals surface area contributed by atoms with Gasteiger partial charge >= 0.3 is 0 Å². The van der Waals surface area contributed by atoms with Crippen molar-refractivity contribution >= 4 is 11.8 Å². The maximum atomic E-state index is 12.9. The third-order valence-corrected chi connectivity index (χ3v) is 4.67. The zero-order chi connectivity index (χ0) is 17.6. The molecule has 1 N–H and O–H groups in total. The van der Waals surface area contributed by atoms with Crippen molar-refractivity contribution in [2.24, 2.45) is 0 Å². The number of nitrogens with zero attached hydrogens (tertiary/aromatic N) is 3. The molecule has 2 aromatic rings. The van der Waals surface area contributed by atoms with E-state index in [0.29, 0.717) is 6.42 Å². The summed E-state index contributed by atoms with van der Waals surface area (Å²) in [6, 6.07) is 8.85. The van der Waals surface area contributed by atoms with E-state index in [1.807, 2.05) is 35.2 Å². The lowest BCUT2D eigenvalue weighted by Crippen LogP contribution is -2.50. The molecule has 132 valence electrons. The lowest BCUT2D eigenvalue weighted by Gasteiger charge is -2.25. The van der Waals surface area contributed by atoms with Gasteiger partial charge in [-0.1, -0.05) is 30.3 Å². The number of aromatic nitrogens is 2. The minimum atomic E-state index is -0.543. The second-order valence-corrected chi connectivity index (χ2v) is 6.47. The monoisotopic (exact) mass is 340 g/mol. The largest absolute Gasteiger partial charge is 0.342 e. The zero-order valence-electron chi connectivity index (χ0n) is 14.5. The summed E-state index contributed by atoms with van der Waals surface area (Å²) in [4.78, 5) is 31.4. The fourth-order valence-electron chi connectivity index (χ4n) is 3.13. The molecule has 0 unspecified atom stereocenters. The summed E-state index contributed by atoms with van der Waals surface area (Å²) >= 11 is 0. The van der Waals surface area contributed by atoms with Crippen molar-refractivity contribution in [2.45, 2.75) is 38.3 Å². The lowest BCUT2D eigenvalue weighted by molar-refractivity contribution is -0.136. The molecule has 1 aliphatic heterocycles. The number of amides is 2. The summed E-state index contributed by atoms with van der Waals surface area (Å²) in [6.45, 7) is 3.35. The van der Waals surface area contributed by atoms with Gasteiger partial charge in [0.2, 0.25) is 11.8 Å². The highest BCUT2D eigenvalue weighted by atomic mass is 16.2. The Hall–Kier alpha value is -2.63. The Labute approximate surface area is 147 Å². The van der Waals surface area contributed by atoms with Crippen LogP contribution in [0.3, 0.4) is 0 Å². The fraction of sp³-hybridized carbons (Fsp3) is 0.421. The number of carbonyl (C=O) groups excluding carboxylic acids is 2. The Morgan fingerprint density at radius 1 is 1.20 bits per heavy atom. The van der Waals surface area contributed by atoms with E-state index < -0.39 is 12.1 Å². The van der Waals surface area contributed by atoms with Gasteiger partial charge in [0.15, 0.2) is 0 Å². The van der Waals surface area contributed by atoms with Crippen molar-refractivity contribution in [2.75, 3.05) is 13.1 Å². The molecule has 6 heteroatoms. The predicted molar refractivity (Wildman–Crippen MR) is 94.8 cm³/mol. The summed E-state index contributed by atoms with van der Waals surface area (Å²) in [5.41, 5.74) is 1.04. The van der Waals surface area contributed by atoms with E-state index in [2.05, 4.69) is 10.3 Å². The zero-order valence-corrected chi connectivity index (χ0v) is 14.5. The average Bonchev–Trinajstić information content (AvgIpc) is 3.34. The number of hydrogen-bond donors (Lipinski definition) is 1. The molecule has 1 aromatic carbocycles. The molecule has 0 aliphatic carbocycles. The van der Waals surface area contributed by atoms with Crippen LogP contribution in [0.25, 0.3) is 0 Å². The molecule has 1 saturated heterocycles. The van der Waals surface area contributed by atoms with Gasteiger partial charge in [-0.2, -0.15) is 0 Å². The second-order valence-electron chi connectivity index (χ2n) is 6.47. The number of hydrogen-bond acceptors (Lipinski definition) is 3. The number of likely N-dealkylation sites (tertiary alicyclic amines) is 1. The molecular formula is C19H24N4O2. The van der Waals surface area contributed by atoms with Gasteiger partial charge in [0.1, 0.15) is 12.1 Å². The van der Waals surface area contributed by atoms with Crippen LogP contribution in [0, 0.1) is 0 Å². The molecule has 1 fully saturated rings. The van der Waals surface area contributed by atoms with E-state index in [-0.39, 0.29) is 11.8 Å². The molecule has 25 heavy (non-hydrogen) atoms. The van der Waals surface area contributed by atoms with Crippen LogP contribution in [-0.2, 0) is 16.0 Å².